The second-order valence-corrected chi connectivity index (χ2v) is 27.2. The maximum atomic E-state index is 13.2. The molecule has 1 amide bonds. The average Bonchev–Trinajstić information content (AvgIpc) is 3.68. The molecule has 7 unspecified atom stereocenters. The fraction of sp³-hybridized carbons (Fsp3) is 0.961. The molecule has 1 rings (SSSR count). The van der Waals surface area contributed by atoms with Crippen LogP contribution in [-0.2, 0) is 14.3 Å². The van der Waals surface area contributed by atoms with Gasteiger partial charge in [-0.25, -0.2) is 0 Å². The lowest BCUT2D eigenvalue weighted by atomic mass is 9.99. The Hall–Kier alpha value is -1.07. The molecular weight excluding hydrogens is 1050 g/mol. The van der Waals surface area contributed by atoms with Crippen LogP contribution in [0.3, 0.4) is 0 Å². The van der Waals surface area contributed by atoms with Gasteiger partial charge in [0.15, 0.2) is 6.29 Å². The van der Waals surface area contributed by atoms with Crippen LogP contribution in [0, 0.1) is 0 Å². The molecule has 1 heterocycles. The quantitative estimate of drug-likeness (QED) is 0.0261. The number of hydrogen-bond donors (Lipinski definition) is 6. The number of nitrogens with one attached hydrogen (secondary N) is 1. The van der Waals surface area contributed by atoms with Crippen LogP contribution in [0.1, 0.15) is 412 Å². The van der Waals surface area contributed by atoms with Crippen LogP contribution in [0.2, 0.25) is 0 Å². The van der Waals surface area contributed by atoms with E-state index in [2.05, 4.69) is 19.2 Å². The summed E-state index contributed by atoms with van der Waals surface area (Å²) in [6, 6.07) is -0.803. The van der Waals surface area contributed by atoms with E-state index in [0.717, 1.165) is 38.5 Å². The molecule has 85 heavy (non-hydrogen) atoms. The van der Waals surface area contributed by atoms with E-state index in [1.54, 1.807) is 6.08 Å². The van der Waals surface area contributed by atoms with Crippen LogP contribution in [0.15, 0.2) is 12.2 Å². The van der Waals surface area contributed by atoms with Crippen molar-refractivity contribution in [1.29, 1.82) is 0 Å². The minimum atomic E-state index is -1.57. The molecule has 9 heteroatoms. The number of unbranched alkanes of at least 4 members (excludes halogenated alkanes) is 59. The molecule has 0 aromatic rings. The van der Waals surface area contributed by atoms with Crippen LogP contribution in [0.4, 0.5) is 0 Å². The van der Waals surface area contributed by atoms with Gasteiger partial charge in [-0.05, 0) is 19.3 Å². The van der Waals surface area contributed by atoms with Crippen molar-refractivity contribution < 1.29 is 39.8 Å². The smallest absolute Gasteiger partial charge is 0.220 e. The molecule has 506 valence electrons. The lowest BCUT2D eigenvalue weighted by Gasteiger charge is -2.40. The first-order chi connectivity index (χ1) is 41.8. The maximum absolute atomic E-state index is 13.2. The first-order valence-corrected chi connectivity index (χ1v) is 38.4. The Kier molecular flexibility index (Phi) is 63.5. The van der Waals surface area contributed by atoms with Crippen molar-refractivity contribution >= 4 is 5.91 Å². The fourth-order valence-electron chi connectivity index (χ4n) is 12.9. The monoisotopic (exact) mass is 1200 g/mol. The number of hydrogen-bond acceptors (Lipinski definition) is 8. The highest BCUT2D eigenvalue weighted by Crippen LogP contribution is 2.24. The van der Waals surface area contributed by atoms with E-state index in [-0.39, 0.29) is 12.5 Å². The summed E-state index contributed by atoms with van der Waals surface area (Å²) in [5, 5.41) is 54.9. The van der Waals surface area contributed by atoms with E-state index < -0.39 is 49.5 Å². The first-order valence-electron chi connectivity index (χ1n) is 38.4. The van der Waals surface area contributed by atoms with Gasteiger partial charge in [-0.3, -0.25) is 4.79 Å². The molecule has 7 atom stereocenters. The fourth-order valence-corrected chi connectivity index (χ4v) is 12.9. The van der Waals surface area contributed by atoms with Crippen LogP contribution in [0.5, 0.6) is 0 Å². The SMILES string of the molecule is CCCCCCCCCCCCCCCCCCCCCCCCCCCCCCC/C=C/C(O)C(COC1OC(CO)C(O)C(O)C1O)NC(=O)CCCCCCCCCCCCCCCCCCCCCCCCCCCCCCCCC. The largest absolute Gasteiger partial charge is 0.394 e. The molecule has 0 spiro atoms. The van der Waals surface area contributed by atoms with Crippen molar-refractivity contribution in [2.75, 3.05) is 13.2 Å². The standard InChI is InChI=1S/C76H149NO8/c1-3-5-7-9-11-13-15-17-19-21-23-25-27-29-31-33-35-37-39-41-43-45-47-49-51-53-55-57-59-61-63-65-70(79)69(68-84-76-75(83)74(82)73(81)71(67-78)85-76)77-72(80)66-64-62-60-58-56-54-52-50-48-46-44-42-40-38-36-34-32-30-28-26-24-22-20-18-16-14-12-10-8-6-4-2/h63,65,69-71,73-76,78-79,81-83H,3-62,64,66-68H2,1-2H3,(H,77,80)/b65-63+. The molecule has 1 aliphatic rings. The summed E-state index contributed by atoms with van der Waals surface area (Å²) in [6.45, 7) is 3.86. The molecule has 0 aliphatic carbocycles. The average molecular weight is 1210 g/mol. The van der Waals surface area contributed by atoms with Crippen LogP contribution in [-0.4, -0.2) is 87.5 Å². The lowest BCUT2D eigenvalue weighted by molar-refractivity contribution is -0.302. The van der Waals surface area contributed by atoms with Gasteiger partial charge < -0.3 is 40.3 Å². The Bertz CT molecular complexity index is 1350. The van der Waals surface area contributed by atoms with Crippen molar-refractivity contribution in [1.82, 2.24) is 5.32 Å². The summed E-state index contributed by atoms with van der Waals surface area (Å²) in [7, 11) is 0. The molecule has 0 saturated carbocycles. The third-order valence-electron chi connectivity index (χ3n) is 18.9. The number of aliphatic hydroxyl groups excluding tert-OH is 5. The zero-order chi connectivity index (χ0) is 61.4. The molecule has 0 aromatic carbocycles. The molecule has 1 aliphatic heterocycles. The normalized spacial score (nSPS) is 18.0. The number of amides is 1. The predicted molar refractivity (Wildman–Crippen MR) is 364 cm³/mol. The third kappa shape index (κ3) is 54.4. The highest BCUT2D eigenvalue weighted by molar-refractivity contribution is 5.76. The number of carbonyl (C=O) groups excluding carboxylic acids is 1. The van der Waals surface area contributed by atoms with Gasteiger partial charge in [0.2, 0.25) is 5.91 Å². The molecule has 0 bridgehead atoms. The number of ether oxygens (including phenoxy) is 2. The molecule has 9 nitrogen and oxygen atoms in total. The van der Waals surface area contributed by atoms with Gasteiger partial charge in [0.05, 0.1) is 25.4 Å². The predicted octanol–water partition coefficient (Wildman–Crippen LogP) is 21.4. The van der Waals surface area contributed by atoms with Crippen molar-refractivity contribution in [3.05, 3.63) is 12.2 Å². The lowest BCUT2D eigenvalue weighted by Crippen LogP contribution is -2.60. The van der Waals surface area contributed by atoms with E-state index in [9.17, 15) is 30.3 Å². The van der Waals surface area contributed by atoms with Crippen molar-refractivity contribution in [3.8, 4) is 0 Å². The zero-order valence-electron chi connectivity index (χ0n) is 56.9. The van der Waals surface area contributed by atoms with Gasteiger partial charge in [-0.2, -0.15) is 0 Å². The third-order valence-corrected chi connectivity index (χ3v) is 18.9. The second kappa shape index (κ2) is 65.9. The molecule has 1 fully saturated rings. The number of rotatable bonds is 69. The molecule has 1 saturated heterocycles. The summed E-state index contributed by atoms with van der Waals surface area (Å²) in [4.78, 5) is 13.2. The van der Waals surface area contributed by atoms with Gasteiger partial charge in [0.25, 0.3) is 0 Å². The van der Waals surface area contributed by atoms with E-state index in [1.807, 2.05) is 6.08 Å². The minimum Gasteiger partial charge on any atom is -0.394 e. The van der Waals surface area contributed by atoms with Crippen molar-refractivity contribution in [2.24, 2.45) is 0 Å². The topological polar surface area (TPSA) is 149 Å². The maximum Gasteiger partial charge on any atom is 0.220 e. The summed E-state index contributed by atoms with van der Waals surface area (Å²) in [5.41, 5.74) is 0. The number of carbonyl (C=O) groups is 1. The summed E-state index contributed by atoms with van der Waals surface area (Å²) in [5.74, 6) is -0.166. The summed E-state index contributed by atoms with van der Waals surface area (Å²) in [6.07, 6.45) is 79.2. The second-order valence-electron chi connectivity index (χ2n) is 27.2. The van der Waals surface area contributed by atoms with Crippen LogP contribution >= 0.6 is 0 Å². The highest BCUT2D eigenvalue weighted by atomic mass is 16.7. The minimum absolute atomic E-state index is 0.166. The van der Waals surface area contributed by atoms with Gasteiger partial charge in [-0.1, -0.05) is 398 Å². The summed E-state index contributed by atoms with van der Waals surface area (Å²) < 4.78 is 11.3. The van der Waals surface area contributed by atoms with E-state index in [4.69, 9.17) is 9.47 Å². The van der Waals surface area contributed by atoms with E-state index >= 15 is 0 Å². The van der Waals surface area contributed by atoms with Gasteiger partial charge in [0.1, 0.15) is 24.4 Å². The van der Waals surface area contributed by atoms with E-state index in [1.165, 1.54) is 353 Å². The molecule has 6 N–H and O–H groups in total. The first kappa shape index (κ1) is 81.9. The highest BCUT2D eigenvalue weighted by Gasteiger charge is 2.44. The Labute approximate surface area is 528 Å². The van der Waals surface area contributed by atoms with Crippen LogP contribution in [0.25, 0.3) is 0 Å². The van der Waals surface area contributed by atoms with Gasteiger partial charge in [0, 0.05) is 6.42 Å². The Morgan fingerprint density at radius 3 is 0.918 bits per heavy atom. The Morgan fingerprint density at radius 1 is 0.388 bits per heavy atom. The molecule has 0 aromatic heterocycles. The molecular formula is C76H149NO8. The van der Waals surface area contributed by atoms with Crippen molar-refractivity contribution in [2.45, 2.75) is 455 Å². The zero-order valence-corrected chi connectivity index (χ0v) is 56.9. The Morgan fingerprint density at radius 2 is 0.647 bits per heavy atom. The van der Waals surface area contributed by atoms with Crippen LogP contribution < -0.4 is 5.32 Å². The number of aliphatic hydroxyl groups is 5. The molecule has 0 radical (unpaired) electrons. The Balaban J connectivity index is 2.08. The van der Waals surface area contributed by atoms with Gasteiger partial charge >= 0.3 is 0 Å². The van der Waals surface area contributed by atoms with Gasteiger partial charge in [-0.15, -0.1) is 0 Å². The summed E-state index contributed by atoms with van der Waals surface area (Å²) >= 11 is 0. The van der Waals surface area contributed by atoms with Crippen molar-refractivity contribution in [3.63, 3.8) is 0 Å². The number of allylic oxidation sites excluding steroid dienone is 1. The van der Waals surface area contributed by atoms with E-state index in [0.29, 0.717) is 6.42 Å².